The number of amides is 2. The van der Waals surface area contributed by atoms with Crippen molar-refractivity contribution in [2.75, 3.05) is 31.5 Å². The van der Waals surface area contributed by atoms with Gasteiger partial charge >= 0.3 is 0 Å². The first-order valence-corrected chi connectivity index (χ1v) is 10.3. The number of aliphatic imine (C=N–C) groups is 1. The Kier molecular flexibility index (Phi) is 6.09. The molecule has 0 saturated carbocycles. The van der Waals surface area contributed by atoms with Crippen molar-refractivity contribution in [2.45, 2.75) is 25.9 Å². The Balaban J connectivity index is 1.36. The predicted molar refractivity (Wildman–Crippen MR) is 117 cm³/mol. The van der Waals surface area contributed by atoms with Crippen molar-refractivity contribution in [3.8, 4) is 0 Å². The van der Waals surface area contributed by atoms with E-state index in [1.54, 1.807) is 0 Å². The Hall–Kier alpha value is -3.19. The number of anilines is 1. The van der Waals surface area contributed by atoms with Crippen molar-refractivity contribution < 1.29 is 9.59 Å². The summed E-state index contributed by atoms with van der Waals surface area (Å²) >= 11 is 0. The van der Waals surface area contributed by atoms with Gasteiger partial charge in [0, 0.05) is 38.4 Å². The van der Waals surface area contributed by atoms with Crippen LogP contribution in [0.5, 0.6) is 0 Å². The van der Waals surface area contributed by atoms with Crippen LogP contribution in [0.3, 0.4) is 0 Å². The molecule has 1 fully saturated rings. The summed E-state index contributed by atoms with van der Waals surface area (Å²) < 4.78 is 0. The molecular formula is C23H27N5O2. The highest BCUT2D eigenvalue weighted by Crippen LogP contribution is 2.14. The molecule has 0 spiro atoms. The minimum absolute atomic E-state index is 0.0646. The van der Waals surface area contributed by atoms with Gasteiger partial charge in [-0.1, -0.05) is 48.0 Å². The van der Waals surface area contributed by atoms with Crippen LogP contribution in [0.25, 0.3) is 0 Å². The van der Waals surface area contributed by atoms with Crippen molar-refractivity contribution in [3.05, 3.63) is 65.7 Å². The summed E-state index contributed by atoms with van der Waals surface area (Å²) in [5, 5.41) is 5.71. The zero-order chi connectivity index (χ0) is 20.9. The van der Waals surface area contributed by atoms with Crippen LogP contribution in [0.2, 0.25) is 0 Å². The van der Waals surface area contributed by atoms with Gasteiger partial charge in [0.25, 0.3) is 0 Å². The molecule has 0 aliphatic carbocycles. The topological polar surface area (TPSA) is 77.0 Å². The first-order chi connectivity index (χ1) is 14.6. The number of carbonyl (C=O) groups excluding carboxylic acids is 2. The lowest BCUT2D eigenvalue weighted by Crippen LogP contribution is -2.56. The lowest BCUT2D eigenvalue weighted by Gasteiger charge is -2.37. The van der Waals surface area contributed by atoms with Gasteiger partial charge in [-0.15, -0.1) is 0 Å². The number of benzene rings is 2. The SMILES string of the molecule is Cc1ccc(NC(=O)[C@@H]2CC(=O)NC(N3CCN(Cc4ccccc4)CC3)=N2)cc1. The number of nitrogens with one attached hydrogen (secondary N) is 2. The van der Waals surface area contributed by atoms with E-state index in [0.717, 1.165) is 38.3 Å². The maximum atomic E-state index is 12.7. The van der Waals surface area contributed by atoms with E-state index in [1.807, 2.05) is 37.3 Å². The maximum Gasteiger partial charge on any atom is 0.249 e. The monoisotopic (exact) mass is 405 g/mol. The van der Waals surface area contributed by atoms with E-state index in [0.29, 0.717) is 11.6 Å². The highest BCUT2D eigenvalue weighted by molar-refractivity contribution is 6.05. The quantitative estimate of drug-likeness (QED) is 0.816. The van der Waals surface area contributed by atoms with Gasteiger partial charge in [-0.3, -0.25) is 19.8 Å². The molecule has 2 heterocycles. The summed E-state index contributed by atoms with van der Waals surface area (Å²) in [6, 6.07) is 17.3. The summed E-state index contributed by atoms with van der Waals surface area (Å²) in [7, 11) is 0. The van der Waals surface area contributed by atoms with E-state index in [9.17, 15) is 9.59 Å². The lowest BCUT2D eigenvalue weighted by molar-refractivity contribution is -0.125. The third-order valence-electron chi connectivity index (χ3n) is 5.45. The second kappa shape index (κ2) is 9.09. The summed E-state index contributed by atoms with van der Waals surface area (Å²) in [4.78, 5) is 33.9. The van der Waals surface area contributed by atoms with E-state index in [1.165, 1.54) is 5.56 Å². The van der Waals surface area contributed by atoms with Crippen molar-refractivity contribution in [1.29, 1.82) is 0 Å². The molecule has 2 amide bonds. The Morgan fingerprint density at radius 3 is 2.47 bits per heavy atom. The van der Waals surface area contributed by atoms with Gasteiger partial charge in [0.1, 0.15) is 6.04 Å². The van der Waals surface area contributed by atoms with Crippen LogP contribution in [-0.2, 0) is 16.1 Å². The van der Waals surface area contributed by atoms with Gasteiger partial charge in [-0.05, 0) is 24.6 Å². The van der Waals surface area contributed by atoms with Gasteiger partial charge < -0.3 is 10.2 Å². The molecular weight excluding hydrogens is 378 g/mol. The number of piperazine rings is 1. The Morgan fingerprint density at radius 2 is 1.77 bits per heavy atom. The molecule has 2 aromatic rings. The van der Waals surface area contributed by atoms with E-state index in [4.69, 9.17) is 0 Å². The van der Waals surface area contributed by atoms with Crippen LogP contribution < -0.4 is 10.6 Å². The second-order valence-electron chi connectivity index (χ2n) is 7.82. The predicted octanol–water partition coefficient (Wildman–Crippen LogP) is 2.00. The van der Waals surface area contributed by atoms with Crippen molar-refractivity contribution in [3.63, 3.8) is 0 Å². The van der Waals surface area contributed by atoms with E-state index >= 15 is 0 Å². The molecule has 0 bridgehead atoms. The molecule has 156 valence electrons. The maximum absolute atomic E-state index is 12.7. The highest BCUT2D eigenvalue weighted by atomic mass is 16.2. The third-order valence-corrected chi connectivity index (χ3v) is 5.45. The van der Waals surface area contributed by atoms with E-state index < -0.39 is 6.04 Å². The van der Waals surface area contributed by atoms with Crippen LogP contribution in [-0.4, -0.2) is 59.8 Å². The van der Waals surface area contributed by atoms with Gasteiger partial charge in [-0.25, -0.2) is 4.99 Å². The summed E-state index contributed by atoms with van der Waals surface area (Å²) in [5.74, 6) is 0.0827. The molecule has 30 heavy (non-hydrogen) atoms. The molecule has 4 rings (SSSR count). The molecule has 2 aliphatic heterocycles. The van der Waals surface area contributed by atoms with Gasteiger partial charge in [0.2, 0.25) is 17.8 Å². The number of guanidine groups is 1. The Labute approximate surface area is 176 Å². The van der Waals surface area contributed by atoms with Crippen LogP contribution in [0.4, 0.5) is 5.69 Å². The standard InChI is InChI=1S/C23H27N5O2/c1-17-7-9-19(10-8-17)24-22(30)20-15-21(29)26-23(25-20)28-13-11-27(12-14-28)16-18-5-3-2-4-6-18/h2-10,20H,11-16H2,1H3,(H,24,30)(H,25,26,29)/t20-/m0/s1. The number of nitrogens with zero attached hydrogens (tertiary/aromatic N) is 3. The lowest BCUT2D eigenvalue weighted by atomic mass is 10.1. The first-order valence-electron chi connectivity index (χ1n) is 10.3. The minimum atomic E-state index is -0.711. The normalized spacial score (nSPS) is 19.8. The Morgan fingerprint density at radius 1 is 1.07 bits per heavy atom. The molecule has 1 saturated heterocycles. The molecule has 2 N–H and O–H groups in total. The molecule has 0 radical (unpaired) electrons. The minimum Gasteiger partial charge on any atom is -0.340 e. The van der Waals surface area contributed by atoms with Crippen molar-refractivity contribution in [2.24, 2.45) is 4.99 Å². The number of rotatable bonds is 4. The van der Waals surface area contributed by atoms with Gasteiger partial charge in [0.05, 0.1) is 6.42 Å². The number of hydrogen-bond donors (Lipinski definition) is 2. The van der Waals surface area contributed by atoms with Gasteiger partial charge in [0.15, 0.2) is 0 Å². The van der Waals surface area contributed by atoms with E-state index in [2.05, 4.69) is 49.7 Å². The number of hydrogen-bond acceptors (Lipinski definition) is 5. The van der Waals surface area contributed by atoms with Crippen molar-refractivity contribution in [1.82, 2.24) is 15.1 Å². The molecule has 7 nitrogen and oxygen atoms in total. The summed E-state index contributed by atoms with van der Waals surface area (Å²) in [6.07, 6.45) is 0.0646. The molecule has 7 heteroatoms. The molecule has 0 unspecified atom stereocenters. The molecule has 2 aromatic carbocycles. The summed E-state index contributed by atoms with van der Waals surface area (Å²) in [5.41, 5.74) is 3.13. The molecule has 2 aliphatic rings. The van der Waals surface area contributed by atoms with Crippen LogP contribution >= 0.6 is 0 Å². The average molecular weight is 406 g/mol. The Bertz CT molecular complexity index is 918. The highest BCUT2D eigenvalue weighted by Gasteiger charge is 2.30. The van der Waals surface area contributed by atoms with Crippen molar-refractivity contribution >= 4 is 23.5 Å². The fraction of sp³-hybridized carbons (Fsp3) is 0.348. The molecule has 1 atom stereocenters. The smallest absolute Gasteiger partial charge is 0.249 e. The van der Waals surface area contributed by atoms with E-state index in [-0.39, 0.29) is 18.2 Å². The average Bonchev–Trinajstić information content (AvgIpc) is 2.76. The van der Waals surface area contributed by atoms with Crippen LogP contribution in [0, 0.1) is 6.92 Å². The molecule has 0 aromatic heterocycles. The number of carbonyl (C=O) groups is 2. The fourth-order valence-electron chi connectivity index (χ4n) is 3.71. The zero-order valence-electron chi connectivity index (χ0n) is 17.2. The number of aryl methyl sites for hydroxylation is 1. The van der Waals surface area contributed by atoms with Crippen LogP contribution in [0.15, 0.2) is 59.6 Å². The zero-order valence-corrected chi connectivity index (χ0v) is 17.2. The fourth-order valence-corrected chi connectivity index (χ4v) is 3.71. The van der Waals surface area contributed by atoms with Crippen LogP contribution in [0.1, 0.15) is 17.5 Å². The first kappa shape index (κ1) is 20.1. The summed E-state index contributed by atoms with van der Waals surface area (Å²) in [6.45, 7) is 6.19. The largest absolute Gasteiger partial charge is 0.340 e. The third kappa shape index (κ3) is 5.04. The second-order valence-corrected chi connectivity index (χ2v) is 7.82. The van der Waals surface area contributed by atoms with Gasteiger partial charge in [-0.2, -0.15) is 0 Å².